The number of carbonyl (C=O) groups is 1. The summed E-state index contributed by atoms with van der Waals surface area (Å²) in [5.74, 6) is -0.0155. The number of amides is 1. The molecule has 2 aromatic rings. The second-order valence-corrected chi connectivity index (χ2v) is 6.91. The Morgan fingerprint density at radius 3 is 2.39 bits per heavy atom. The van der Waals surface area contributed by atoms with E-state index >= 15 is 0 Å². The highest BCUT2D eigenvalue weighted by molar-refractivity contribution is 5.80. The molecule has 2 N–H and O–H groups in total. The number of nitriles is 1. The Labute approximate surface area is 166 Å². The van der Waals surface area contributed by atoms with Gasteiger partial charge in [-0.3, -0.25) is 9.69 Å². The molecule has 0 radical (unpaired) electrons. The summed E-state index contributed by atoms with van der Waals surface area (Å²) in [7, 11) is 0. The summed E-state index contributed by atoms with van der Waals surface area (Å²) in [4.78, 5) is 16.8. The smallest absolute Gasteiger partial charge is 0.239 e. The number of para-hydroxylation sites is 1. The lowest BCUT2D eigenvalue weighted by atomic mass is 10.2. The fourth-order valence-electron chi connectivity index (χ4n) is 3.31. The average Bonchev–Trinajstić information content (AvgIpc) is 2.76. The summed E-state index contributed by atoms with van der Waals surface area (Å²) in [5.41, 5.74) is 2.74. The Kier molecular flexibility index (Phi) is 7.28. The number of hydrogen-bond acceptors (Lipinski definition) is 5. The van der Waals surface area contributed by atoms with Crippen LogP contribution in [0.3, 0.4) is 0 Å². The Bertz CT molecular complexity index is 777. The zero-order valence-corrected chi connectivity index (χ0v) is 16.1. The van der Waals surface area contributed by atoms with Gasteiger partial charge in [0.15, 0.2) is 0 Å². The van der Waals surface area contributed by atoms with E-state index in [-0.39, 0.29) is 12.5 Å². The zero-order valence-electron chi connectivity index (χ0n) is 16.1. The SMILES string of the molecule is N#Cc1ccc(NCC(=O)NCCCN2CCN(c3ccccc3)CC2)cc1. The van der Waals surface area contributed by atoms with E-state index in [1.54, 1.807) is 24.3 Å². The van der Waals surface area contributed by atoms with Gasteiger partial charge in [0.1, 0.15) is 0 Å². The van der Waals surface area contributed by atoms with Crippen LogP contribution in [0.4, 0.5) is 11.4 Å². The molecular weight excluding hydrogens is 350 g/mol. The van der Waals surface area contributed by atoms with Gasteiger partial charge in [0.05, 0.1) is 18.2 Å². The molecule has 28 heavy (non-hydrogen) atoms. The third kappa shape index (κ3) is 6.00. The van der Waals surface area contributed by atoms with Gasteiger partial charge < -0.3 is 15.5 Å². The molecule has 1 heterocycles. The van der Waals surface area contributed by atoms with Crippen LogP contribution in [-0.4, -0.2) is 56.6 Å². The molecule has 6 nitrogen and oxygen atoms in total. The number of nitrogens with zero attached hydrogens (tertiary/aromatic N) is 3. The van der Waals surface area contributed by atoms with Crippen LogP contribution >= 0.6 is 0 Å². The first-order valence-corrected chi connectivity index (χ1v) is 9.78. The van der Waals surface area contributed by atoms with Gasteiger partial charge in [0.25, 0.3) is 0 Å². The topological polar surface area (TPSA) is 71.4 Å². The normalized spacial score (nSPS) is 14.3. The van der Waals surface area contributed by atoms with Gasteiger partial charge in [-0.1, -0.05) is 18.2 Å². The molecule has 2 aromatic carbocycles. The lowest BCUT2D eigenvalue weighted by molar-refractivity contribution is -0.119. The molecule has 1 aliphatic rings. The van der Waals surface area contributed by atoms with Gasteiger partial charge in [-0.2, -0.15) is 5.26 Å². The van der Waals surface area contributed by atoms with Crippen molar-refractivity contribution in [2.24, 2.45) is 0 Å². The molecule has 1 amide bonds. The molecule has 0 spiro atoms. The lowest BCUT2D eigenvalue weighted by Crippen LogP contribution is -2.47. The fraction of sp³-hybridized carbons (Fsp3) is 0.364. The summed E-state index contributed by atoms with van der Waals surface area (Å²) in [6.45, 7) is 6.14. The lowest BCUT2D eigenvalue weighted by Gasteiger charge is -2.36. The van der Waals surface area contributed by atoms with E-state index in [1.807, 2.05) is 6.07 Å². The van der Waals surface area contributed by atoms with Crippen LogP contribution < -0.4 is 15.5 Å². The summed E-state index contributed by atoms with van der Waals surface area (Å²) in [6, 6.07) is 19.7. The molecule has 0 atom stereocenters. The van der Waals surface area contributed by atoms with Crippen molar-refractivity contribution in [2.45, 2.75) is 6.42 Å². The fourth-order valence-corrected chi connectivity index (χ4v) is 3.31. The number of piperazine rings is 1. The van der Waals surface area contributed by atoms with E-state index in [1.165, 1.54) is 5.69 Å². The van der Waals surface area contributed by atoms with Crippen LogP contribution in [-0.2, 0) is 4.79 Å². The first-order chi connectivity index (χ1) is 13.7. The molecular formula is C22H27N5O. The standard InChI is InChI=1S/C22H27N5O/c23-17-19-7-9-20(10-8-19)25-18-22(28)24-11-4-12-26-13-15-27(16-14-26)21-5-2-1-3-6-21/h1-3,5-10,25H,4,11-16,18H2,(H,24,28). The number of anilines is 2. The highest BCUT2D eigenvalue weighted by Crippen LogP contribution is 2.15. The predicted molar refractivity (Wildman–Crippen MR) is 112 cm³/mol. The molecule has 6 heteroatoms. The van der Waals surface area contributed by atoms with Gasteiger partial charge in [0.2, 0.25) is 5.91 Å². The van der Waals surface area contributed by atoms with E-state index < -0.39 is 0 Å². The molecule has 1 saturated heterocycles. The summed E-state index contributed by atoms with van der Waals surface area (Å²) >= 11 is 0. The van der Waals surface area contributed by atoms with Crippen molar-refractivity contribution >= 4 is 17.3 Å². The Morgan fingerprint density at radius 2 is 1.71 bits per heavy atom. The van der Waals surface area contributed by atoms with Crippen LogP contribution in [0.5, 0.6) is 0 Å². The first kappa shape index (κ1) is 19.7. The summed E-state index contributed by atoms with van der Waals surface area (Å²) in [5, 5.41) is 14.8. The molecule has 0 aromatic heterocycles. The third-order valence-corrected chi connectivity index (χ3v) is 4.93. The number of hydrogen-bond donors (Lipinski definition) is 2. The number of benzene rings is 2. The minimum atomic E-state index is -0.0155. The van der Waals surface area contributed by atoms with Crippen LogP contribution in [0.15, 0.2) is 54.6 Å². The van der Waals surface area contributed by atoms with Gasteiger partial charge in [-0.25, -0.2) is 0 Å². The molecule has 3 rings (SSSR count). The minimum absolute atomic E-state index is 0.0155. The molecule has 0 aliphatic carbocycles. The Morgan fingerprint density at radius 1 is 1.00 bits per heavy atom. The monoisotopic (exact) mass is 377 g/mol. The molecule has 0 saturated carbocycles. The minimum Gasteiger partial charge on any atom is -0.376 e. The van der Waals surface area contributed by atoms with Gasteiger partial charge in [-0.15, -0.1) is 0 Å². The quantitative estimate of drug-likeness (QED) is 0.691. The maximum absolute atomic E-state index is 11.9. The number of carbonyl (C=O) groups excluding carboxylic acids is 1. The van der Waals surface area contributed by atoms with Crippen molar-refractivity contribution in [3.63, 3.8) is 0 Å². The largest absolute Gasteiger partial charge is 0.376 e. The van der Waals surface area contributed by atoms with Crippen molar-refractivity contribution in [3.8, 4) is 6.07 Å². The zero-order chi connectivity index (χ0) is 19.6. The van der Waals surface area contributed by atoms with Gasteiger partial charge >= 0.3 is 0 Å². The average molecular weight is 377 g/mol. The highest BCUT2D eigenvalue weighted by Gasteiger charge is 2.16. The maximum atomic E-state index is 11.9. The summed E-state index contributed by atoms with van der Waals surface area (Å²) < 4.78 is 0. The predicted octanol–water partition coefficient (Wildman–Crippen LogP) is 2.30. The van der Waals surface area contributed by atoms with Crippen molar-refractivity contribution in [1.82, 2.24) is 10.2 Å². The van der Waals surface area contributed by atoms with Crippen LogP contribution in [0, 0.1) is 11.3 Å². The second-order valence-electron chi connectivity index (χ2n) is 6.91. The molecule has 1 aliphatic heterocycles. The van der Waals surface area contributed by atoms with Crippen molar-refractivity contribution < 1.29 is 4.79 Å². The van der Waals surface area contributed by atoms with Crippen LogP contribution in [0.2, 0.25) is 0 Å². The second kappa shape index (κ2) is 10.3. The highest BCUT2D eigenvalue weighted by atomic mass is 16.1. The van der Waals surface area contributed by atoms with E-state index in [4.69, 9.17) is 5.26 Å². The Hall–Kier alpha value is -3.04. The van der Waals surface area contributed by atoms with Crippen molar-refractivity contribution in [1.29, 1.82) is 5.26 Å². The number of nitrogens with one attached hydrogen (secondary N) is 2. The van der Waals surface area contributed by atoms with E-state index in [0.29, 0.717) is 12.1 Å². The van der Waals surface area contributed by atoms with E-state index in [0.717, 1.165) is 44.8 Å². The molecule has 0 bridgehead atoms. The van der Waals surface area contributed by atoms with Gasteiger partial charge in [-0.05, 0) is 49.4 Å². The van der Waals surface area contributed by atoms with E-state index in [2.05, 4.69) is 50.8 Å². The van der Waals surface area contributed by atoms with Crippen molar-refractivity contribution in [3.05, 3.63) is 60.2 Å². The molecule has 0 unspecified atom stereocenters. The van der Waals surface area contributed by atoms with Crippen molar-refractivity contribution in [2.75, 3.05) is 56.0 Å². The molecule has 1 fully saturated rings. The summed E-state index contributed by atoms with van der Waals surface area (Å²) in [6.07, 6.45) is 0.952. The van der Waals surface area contributed by atoms with Crippen LogP contribution in [0.1, 0.15) is 12.0 Å². The Balaban J connectivity index is 1.26. The molecule has 146 valence electrons. The maximum Gasteiger partial charge on any atom is 0.239 e. The van der Waals surface area contributed by atoms with Gasteiger partial charge in [0, 0.05) is 44.1 Å². The third-order valence-electron chi connectivity index (χ3n) is 4.93. The van der Waals surface area contributed by atoms with E-state index in [9.17, 15) is 4.79 Å². The van der Waals surface area contributed by atoms with Crippen LogP contribution in [0.25, 0.3) is 0 Å². The number of rotatable bonds is 8. The first-order valence-electron chi connectivity index (χ1n) is 9.78.